The van der Waals surface area contributed by atoms with Crippen molar-refractivity contribution < 1.29 is 0 Å². The van der Waals surface area contributed by atoms with Gasteiger partial charge in [0.1, 0.15) is 0 Å². The maximum Gasteiger partial charge on any atom is -0.0216 e. The molecule has 0 atom stereocenters. The minimum absolute atomic E-state index is 0.694. The highest BCUT2D eigenvalue weighted by molar-refractivity contribution is 5.47. The quantitative estimate of drug-likeness (QED) is 0.591. The van der Waals surface area contributed by atoms with Crippen LogP contribution in [0.5, 0.6) is 0 Å². The first-order valence-corrected chi connectivity index (χ1v) is 4.81. The van der Waals surface area contributed by atoms with E-state index in [1.807, 2.05) is 0 Å². The van der Waals surface area contributed by atoms with E-state index in [1.165, 1.54) is 18.4 Å². The van der Waals surface area contributed by atoms with Gasteiger partial charge in [-0.3, -0.25) is 0 Å². The third-order valence-corrected chi connectivity index (χ3v) is 2.95. The van der Waals surface area contributed by atoms with Crippen LogP contribution in [-0.2, 0) is 12.8 Å². The Labute approximate surface area is 74.6 Å². The van der Waals surface area contributed by atoms with Crippen LogP contribution in [-0.4, -0.2) is 0 Å². The molecule has 0 bridgehead atoms. The first-order chi connectivity index (χ1) is 5.70. The van der Waals surface area contributed by atoms with Gasteiger partial charge in [-0.15, -0.1) is 0 Å². The van der Waals surface area contributed by atoms with E-state index in [2.05, 4.69) is 32.9 Å². The van der Waals surface area contributed by atoms with Crippen molar-refractivity contribution in [1.29, 1.82) is 0 Å². The second-order valence-corrected chi connectivity index (χ2v) is 4.08. The van der Waals surface area contributed by atoms with Crippen LogP contribution in [0, 0.1) is 6.92 Å². The third-order valence-electron chi connectivity index (χ3n) is 2.95. The Morgan fingerprint density at radius 2 is 1.75 bits per heavy atom. The van der Waals surface area contributed by atoms with E-state index < -0.39 is 0 Å². The van der Waals surface area contributed by atoms with Gasteiger partial charge in [0.15, 0.2) is 0 Å². The fourth-order valence-corrected chi connectivity index (χ4v) is 2.09. The molecular formula is C12H16. The number of fused-ring (bicyclic) bond motifs is 1. The van der Waals surface area contributed by atoms with Crippen molar-refractivity contribution in [2.24, 2.45) is 0 Å². The lowest BCUT2D eigenvalue weighted by Crippen LogP contribution is -2.14. The molecule has 0 N–H and O–H groups in total. The monoisotopic (exact) mass is 160 g/mol. The molecule has 0 nitrogen and oxygen atoms in total. The van der Waals surface area contributed by atoms with Crippen LogP contribution >= 0.6 is 0 Å². The zero-order chi connectivity index (χ0) is 8.72. The van der Waals surface area contributed by atoms with E-state index in [0.717, 1.165) is 0 Å². The van der Waals surface area contributed by atoms with Crippen molar-refractivity contribution >= 4 is 0 Å². The summed E-state index contributed by atoms with van der Waals surface area (Å²) >= 11 is 0. The first-order valence-electron chi connectivity index (χ1n) is 4.81. The van der Waals surface area contributed by atoms with E-state index in [4.69, 9.17) is 0 Å². The standard InChI is InChI=1S/C12H16/c1-8(2)10-5-4-9(3)11-6-7-12(10)11/h4-5,8H,6-7H2,1-3H3. The van der Waals surface area contributed by atoms with Gasteiger partial charge in [-0.2, -0.15) is 0 Å². The van der Waals surface area contributed by atoms with Crippen molar-refractivity contribution in [3.63, 3.8) is 0 Å². The number of benzene rings is 1. The lowest BCUT2D eigenvalue weighted by molar-refractivity contribution is 0.761. The number of rotatable bonds is 1. The molecule has 0 aromatic heterocycles. The molecule has 0 saturated carbocycles. The second kappa shape index (κ2) is 2.62. The smallest absolute Gasteiger partial charge is 0.0216 e. The lowest BCUT2D eigenvalue weighted by atomic mass is 9.79. The molecule has 1 aromatic carbocycles. The summed E-state index contributed by atoms with van der Waals surface area (Å²) in [6.45, 7) is 6.79. The van der Waals surface area contributed by atoms with Crippen molar-refractivity contribution in [3.8, 4) is 0 Å². The first kappa shape index (κ1) is 7.85. The number of hydrogen-bond acceptors (Lipinski definition) is 0. The summed E-state index contributed by atoms with van der Waals surface area (Å²) in [6.07, 6.45) is 2.62. The lowest BCUT2D eigenvalue weighted by Gasteiger charge is -2.26. The van der Waals surface area contributed by atoms with Gasteiger partial charge in [-0.1, -0.05) is 26.0 Å². The Morgan fingerprint density at radius 1 is 1.08 bits per heavy atom. The van der Waals surface area contributed by atoms with Gasteiger partial charge >= 0.3 is 0 Å². The van der Waals surface area contributed by atoms with Gasteiger partial charge in [-0.05, 0) is 47.9 Å². The van der Waals surface area contributed by atoms with Crippen LogP contribution in [0.4, 0.5) is 0 Å². The maximum atomic E-state index is 2.30. The summed E-state index contributed by atoms with van der Waals surface area (Å²) in [7, 11) is 0. The molecule has 1 aliphatic carbocycles. The van der Waals surface area contributed by atoms with E-state index >= 15 is 0 Å². The van der Waals surface area contributed by atoms with Crippen LogP contribution < -0.4 is 0 Å². The predicted octanol–water partition coefficient (Wildman–Crippen LogP) is 3.22. The molecule has 0 heterocycles. The SMILES string of the molecule is Cc1ccc(C(C)C)c2c1CC2. The summed E-state index contributed by atoms with van der Waals surface area (Å²) in [4.78, 5) is 0. The Balaban J connectivity index is 2.53. The normalized spacial score (nSPS) is 14.3. The molecule has 2 rings (SSSR count). The van der Waals surface area contributed by atoms with E-state index in [1.54, 1.807) is 16.7 Å². The molecule has 0 radical (unpaired) electrons. The van der Waals surface area contributed by atoms with Crippen LogP contribution in [0.3, 0.4) is 0 Å². The highest BCUT2D eigenvalue weighted by Crippen LogP contribution is 2.33. The average Bonchev–Trinajstić information content (AvgIpc) is 1.92. The van der Waals surface area contributed by atoms with Crippen molar-refractivity contribution in [2.45, 2.75) is 39.5 Å². The minimum atomic E-state index is 0.694. The van der Waals surface area contributed by atoms with Gasteiger partial charge in [-0.25, -0.2) is 0 Å². The zero-order valence-corrected chi connectivity index (χ0v) is 8.15. The molecule has 0 spiro atoms. The highest BCUT2D eigenvalue weighted by atomic mass is 14.2. The number of aryl methyl sites for hydroxylation is 1. The molecular weight excluding hydrogens is 144 g/mol. The van der Waals surface area contributed by atoms with Crippen molar-refractivity contribution in [2.75, 3.05) is 0 Å². The molecule has 1 aliphatic rings. The zero-order valence-electron chi connectivity index (χ0n) is 8.15. The Morgan fingerprint density at radius 3 is 2.25 bits per heavy atom. The van der Waals surface area contributed by atoms with Gasteiger partial charge in [0.2, 0.25) is 0 Å². The van der Waals surface area contributed by atoms with E-state index in [-0.39, 0.29) is 0 Å². The van der Waals surface area contributed by atoms with Gasteiger partial charge in [0.05, 0.1) is 0 Å². The molecule has 0 amide bonds. The minimum Gasteiger partial charge on any atom is -0.0587 e. The fraction of sp³-hybridized carbons (Fsp3) is 0.500. The average molecular weight is 160 g/mol. The van der Waals surface area contributed by atoms with Crippen LogP contribution in [0.15, 0.2) is 12.1 Å². The molecule has 0 unspecified atom stereocenters. The predicted molar refractivity (Wildman–Crippen MR) is 52.7 cm³/mol. The van der Waals surface area contributed by atoms with Crippen molar-refractivity contribution in [1.82, 2.24) is 0 Å². The summed E-state index contributed by atoms with van der Waals surface area (Å²) in [5.41, 5.74) is 6.33. The molecule has 0 saturated heterocycles. The summed E-state index contributed by atoms with van der Waals surface area (Å²) in [5, 5.41) is 0. The number of hydrogen-bond donors (Lipinski definition) is 0. The topological polar surface area (TPSA) is 0 Å². The summed E-state index contributed by atoms with van der Waals surface area (Å²) < 4.78 is 0. The Kier molecular flexibility index (Phi) is 1.71. The Hall–Kier alpha value is -0.780. The maximum absolute atomic E-state index is 2.30. The highest BCUT2D eigenvalue weighted by Gasteiger charge is 2.19. The van der Waals surface area contributed by atoms with E-state index in [0.29, 0.717) is 5.92 Å². The molecule has 12 heavy (non-hydrogen) atoms. The van der Waals surface area contributed by atoms with Crippen LogP contribution in [0.1, 0.15) is 42.0 Å². The van der Waals surface area contributed by atoms with E-state index in [9.17, 15) is 0 Å². The molecule has 64 valence electrons. The molecule has 0 heteroatoms. The van der Waals surface area contributed by atoms with Crippen LogP contribution in [0.25, 0.3) is 0 Å². The van der Waals surface area contributed by atoms with Gasteiger partial charge in [0, 0.05) is 0 Å². The molecule has 0 aliphatic heterocycles. The van der Waals surface area contributed by atoms with Crippen molar-refractivity contribution in [3.05, 3.63) is 34.4 Å². The van der Waals surface area contributed by atoms with Crippen LogP contribution in [0.2, 0.25) is 0 Å². The second-order valence-electron chi connectivity index (χ2n) is 4.08. The fourth-order valence-electron chi connectivity index (χ4n) is 2.09. The van der Waals surface area contributed by atoms with Gasteiger partial charge in [0.25, 0.3) is 0 Å². The largest absolute Gasteiger partial charge is 0.0587 e. The summed E-state index contributed by atoms with van der Waals surface area (Å²) in [5.74, 6) is 0.694. The summed E-state index contributed by atoms with van der Waals surface area (Å²) in [6, 6.07) is 4.57. The molecule has 1 aromatic rings. The molecule has 0 fully saturated rings. The Bertz CT molecular complexity index is 308. The third kappa shape index (κ3) is 0.979. The van der Waals surface area contributed by atoms with Gasteiger partial charge < -0.3 is 0 Å².